The molecule has 31 heavy (non-hydrogen) atoms. The molecule has 1 atom stereocenters. The van der Waals surface area contributed by atoms with E-state index in [1.807, 2.05) is 36.4 Å². The molecule has 0 saturated carbocycles. The van der Waals surface area contributed by atoms with Crippen molar-refractivity contribution in [3.05, 3.63) is 131 Å². The minimum absolute atomic E-state index is 0.173. The molecule has 2 nitrogen and oxygen atoms in total. The molecule has 0 heterocycles. The molecule has 4 aromatic rings. The summed E-state index contributed by atoms with van der Waals surface area (Å²) in [4.78, 5) is 0. The van der Waals surface area contributed by atoms with E-state index in [0.717, 1.165) is 24.0 Å². The average molecular weight is 409 g/mol. The second-order valence-electron chi connectivity index (χ2n) is 8.18. The maximum atomic E-state index is 9.96. The fraction of sp³-hybridized carbons (Fsp3) is 0.172. The van der Waals surface area contributed by atoms with Crippen molar-refractivity contribution in [2.24, 2.45) is 0 Å². The molecule has 0 radical (unpaired) electrons. The average Bonchev–Trinajstić information content (AvgIpc) is 2.82. The SMILES string of the molecule is CC(c1ccccc1)C(CCc1ccccc1)(c1ccc(O)cc1)c1ccc(O)cc1. The molecule has 0 saturated heterocycles. The van der Waals surface area contributed by atoms with Gasteiger partial charge in [0.25, 0.3) is 0 Å². The Morgan fingerprint density at radius 2 is 1.06 bits per heavy atom. The maximum Gasteiger partial charge on any atom is 0.115 e. The van der Waals surface area contributed by atoms with Crippen LogP contribution in [0.15, 0.2) is 109 Å². The number of hydrogen-bond acceptors (Lipinski definition) is 2. The Morgan fingerprint density at radius 1 is 0.613 bits per heavy atom. The summed E-state index contributed by atoms with van der Waals surface area (Å²) >= 11 is 0. The lowest BCUT2D eigenvalue weighted by molar-refractivity contribution is 0.397. The standard InChI is InChI=1S/C29H28O2/c1-22(24-10-6-3-7-11-24)29(25-12-16-27(30)17-13-25,26-14-18-28(31)19-15-26)21-20-23-8-4-2-5-9-23/h2-19,22,30-31H,20-21H2,1H3. The van der Waals surface area contributed by atoms with Gasteiger partial charge in [0, 0.05) is 5.41 Å². The van der Waals surface area contributed by atoms with E-state index in [-0.39, 0.29) is 22.8 Å². The van der Waals surface area contributed by atoms with Crippen molar-refractivity contribution in [3.8, 4) is 11.5 Å². The summed E-state index contributed by atoms with van der Waals surface area (Å²) in [5, 5.41) is 19.9. The number of phenolic OH excluding ortho intramolecular Hbond substituents is 2. The van der Waals surface area contributed by atoms with E-state index < -0.39 is 0 Å². The zero-order valence-corrected chi connectivity index (χ0v) is 17.8. The first-order chi connectivity index (χ1) is 15.1. The van der Waals surface area contributed by atoms with E-state index in [0.29, 0.717) is 0 Å². The largest absolute Gasteiger partial charge is 0.508 e. The number of rotatable bonds is 7. The van der Waals surface area contributed by atoms with Gasteiger partial charge < -0.3 is 10.2 Å². The molecule has 4 aromatic carbocycles. The van der Waals surface area contributed by atoms with Gasteiger partial charge in [-0.2, -0.15) is 0 Å². The van der Waals surface area contributed by atoms with E-state index >= 15 is 0 Å². The van der Waals surface area contributed by atoms with E-state index in [2.05, 4.69) is 55.5 Å². The van der Waals surface area contributed by atoms with E-state index in [1.165, 1.54) is 11.1 Å². The molecule has 2 N–H and O–H groups in total. The molecule has 4 rings (SSSR count). The number of benzene rings is 4. The van der Waals surface area contributed by atoms with Gasteiger partial charge in [0.2, 0.25) is 0 Å². The molecular weight excluding hydrogens is 380 g/mol. The van der Waals surface area contributed by atoms with Crippen molar-refractivity contribution in [1.29, 1.82) is 0 Å². The van der Waals surface area contributed by atoms with Crippen LogP contribution in [0.5, 0.6) is 11.5 Å². The summed E-state index contributed by atoms with van der Waals surface area (Å²) in [6.07, 6.45) is 1.81. The van der Waals surface area contributed by atoms with Gasteiger partial charge in [-0.3, -0.25) is 0 Å². The van der Waals surface area contributed by atoms with Gasteiger partial charge in [0.15, 0.2) is 0 Å². The van der Waals surface area contributed by atoms with Crippen LogP contribution < -0.4 is 0 Å². The minimum Gasteiger partial charge on any atom is -0.508 e. The summed E-state index contributed by atoms with van der Waals surface area (Å²) in [5.74, 6) is 0.698. The van der Waals surface area contributed by atoms with Crippen molar-refractivity contribution in [3.63, 3.8) is 0 Å². The first-order valence-electron chi connectivity index (χ1n) is 10.8. The Bertz CT molecular complexity index is 1040. The Balaban J connectivity index is 1.90. The molecule has 0 amide bonds. The molecular formula is C29H28O2. The monoisotopic (exact) mass is 408 g/mol. The van der Waals surface area contributed by atoms with Crippen molar-refractivity contribution in [2.45, 2.75) is 31.1 Å². The summed E-state index contributed by atoms with van der Waals surface area (Å²) < 4.78 is 0. The highest BCUT2D eigenvalue weighted by Gasteiger charge is 2.40. The third-order valence-electron chi connectivity index (χ3n) is 6.45. The number of aromatic hydroxyl groups is 2. The normalized spacial score (nSPS) is 12.4. The molecule has 0 bridgehead atoms. The van der Waals surface area contributed by atoms with Crippen LogP contribution in [0.3, 0.4) is 0 Å². The highest BCUT2D eigenvalue weighted by atomic mass is 16.3. The number of aryl methyl sites for hydroxylation is 1. The predicted octanol–water partition coefficient (Wildman–Crippen LogP) is 6.82. The van der Waals surface area contributed by atoms with Crippen molar-refractivity contribution in [1.82, 2.24) is 0 Å². The van der Waals surface area contributed by atoms with Gasteiger partial charge in [-0.15, -0.1) is 0 Å². The molecule has 0 aliphatic carbocycles. The van der Waals surface area contributed by atoms with E-state index in [4.69, 9.17) is 0 Å². The van der Waals surface area contributed by atoms with Crippen LogP contribution in [0.4, 0.5) is 0 Å². The third-order valence-corrected chi connectivity index (χ3v) is 6.45. The van der Waals surface area contributed by atoms with Gasteiger partial charge >= 0.3 is 0 Å². The van der Waals surface area contributed by atoms with Crippen LogP contribution in [0.1, 0.15) is 41.5 Å². The first-order valence-corrected chi connectivity index (χ1v) is 10.8. The van der Waals surface area contributed by atoms with Crippen molar-refractivity contribution in [2.75, 3.05) is 0 Å². The van der Waals surface area contributed by atoms with Crippen LogP contribution >= 0.6 is 0 Å². The van der Waals surface area contributed by atoms with Crippen molar-refractivity contribution < 1.29 is 10.2 Å². The van der Waals surface area contributed by atoms with Crippen LogP contribution in [-0.4, -0.2) is 10.2 Å². The third kappa shape index (κ3) is 4.34. The molecule has 0 aromatic heterocycles. The zero-order valence-electron chi connectivity index (χ0n) is 17.8. The minimum atomic E-state index is -0.335. The first kappa shape index (κ1) is 20.7. The molecule has 2 heteroatoms. The summed E-state index contributed by atoms with van der Waals surface area (Å²) in [7, 11) is 0. The Hall–Kier alpha value is -3.52. The lowest BCUT2D eigenvalue weighted by Gasteiger charge is -2.41. The van der Waals surface area contributed by atoms with Crippen molar-refractivity contribution >= 4 is 0 Å². The number of hydrogen-bond donors (Lipinski definition) is 2. The van der Waals surface area contributed by atoms with E-state index in [9.17, 15) is 10.2 Å². The lowest BCUT2D eigenvalue weighted by Crippen LogP contribution is -2.34. The van der Waals surface area contributed by atoms with Crippen LogP contribution in [0, 0.1) is 0 Å². The van der Waals surface area contributed by atoms with Crippen LogP contribution in [0.2, 0.25) is 0 Å². The van der Waals surface area contributed by atoms with Gasteiger partial charge in [-0.1, -0.05) is 91.9 Å². The predicted molar refractivity (Wildman–Crippen MR) is 127 cm³/mol. The smallest absolute Gasteiger partial charge is 0.115 e. The number of phenols is 2. The van der Waals surface area contributed by atoms with Gasteiger partial charge in [0.05, 0.1) is 0 Å². The summed E-state index contributed by atoms with van der Waals surface area (Å²) in [6, 6.07) is 36.3. The van der Waals surface area contributed by atoms with Crippen LogP contribution in [0.25, 0.3) is 0 Å². The molecule has 1 unspecified atom stereocenters. The Morgan fingerprint density at radius 3 is 1.55 bits per heavy atom. The molecule has 0 fully saturated rings. The van der Waals surface area contributed by atoms with Crippen LogP contribution in [-0.2, 0) is 11.8 Å². The second-order valence-corrected chi connectivity index (χ2v) is 8.18. The van der Waals surface area contributed by atoms with Gasteiger partial charge in [-0.25, -0.2) is 0 Å². The zero-order chi connectivity index (χ0) is 21.7. The Kier molecular flexibility index (Phi) is 6.08. The highest BCUT2D eigenvalue weighted by Crippen LogP contribution is 2.48. The topological polar surface area (TPSA) is 40.5 Å². The second kappa shape index (κ2) is 9.09. The van der Waals surface area contributed by atoms with E-state index in [1.54, 1.807) is 24.3 Å². The highest BCUT2D eigenvalue weighted by molar-refractivity contribution is 5.47. The fourth-order valence-corrected chi connectivity index (χ4v) is 4.70. The van der Waals surface area contributed by atoms with Gasteiger partial charge in [0.1, 0.15) is 11.5 Å². The van der Waals surface area contributed by atoms with Gasteiger partial charge in [-0.05, 0) is 65.3 Å². The summed E-state index contributed by atoms with van der Waals surface area (Å²) in [5.41, 5.74) is 4.53. The Labute approximate surface area is 184 Å². The fourth-order valence-electron chi connectivity index (χ4n) is 4.70. The quantitative estimate of drug-likeness (QED) is 0.352. The molecule has 156 valence electrons. The lowest BCUT2D eigenvalue weighted by atomic mass is 9.61. The summed E-state index contributed by atoms with van der Waals surface area (Å²) in [6.45, 7) is 2.28. The molecule has 0 aliphatic heterocycles. The maximum absolute atomic E-state index is 9.96. The molecule has 0 aliphatic rings. The molecule has 0 spiro atoms.